The number of rotatable bonds is 6. The summed E-state index contributed by atoms with van der Waals surface area (Å²) in [6, 6.07) is 5.40. The molecule has 6 heteroatoms. The summed E-state index contributed by atoms with van der Waals surface area (Å²) in [4.78, 5) is 11.9. The summed E-state index contributed by atoms with van der Waals surface area (Å²) in [5.74, 6) is 1.05. The Hall–Kier alpha value is -2.76. The van der Waals surface area contributed by atoms with Gasteiger partial charge in [0.15, 0.2) is 17.3 Å². The molecule has 0 aromatic heterocycles. The number of carbonyl (C=O) groups is 1. The molecule has 0 atom stereocenters. The Balaban J connectivity index is 1.88. The SMILES string of the molecule is C=C(/C=C\C=C(/C)C(F)(F)F)C(=O)C/C=C/c1ccc2c(c1)OCO2. The van der Waals surface area contributed by atoms with Crippen LogP contribution in [-0.2, 0) is 4.79 Å². The molecule has 0 spiro atoms. The van der Waals surface area contributed by atoms with E-state index in [9.17, 15) is 18.0 Å². The minimum atomic E-state index is -4.37. The first-order chi connectivity index (χ1) is 11.8. The van der Waals surface area contributed by atoms with Gasteiger partial charge in [0.25, 0.3) is 0 Å². The predicted molar refractivity (Wildman–Crippen MR) is 89.3 cm³/mol. The maximum atomic E-state index is 12.3. The van der Waals surface area contributed by atoms with Gasteiger partial charge in [-0.05, 0) is 24.6 Å². The lowest BCUT2D eigenvalue weighted by molar-refractivity contribution is -0.114. The second-order valence-corrected chi connectivity index (χ2v) is 5.37. The zero-order chi connectivity index (χ0) is 18.4. The molecule has 0 saturated carbocycles. The van der Waals surface area contributed by atoms with Crippen molar-refractivity contribution in [2.75, 3.05) is 6.79 Å². The van der Waals surface area contributed by atoms with Crippen LogP contribution in [0.25, 0.3) is 6.08 Å². The minimum Gasteiger partial charge on any atom is -0.454 e. The van der Waals surface area contributed by atoms with Crippen molar-refractivity contribution in [1.82, 2.24) is 0 Å². The normalized spacial score (nSPS) is 14.5. The average Bonchev–Trinajstić information content (AvgIpc) is 3.01. The zero-order valence-corrected chi connectivity index (χ0v) is 13.6. The van der Waals surface area contributed by atoms with E-state index in [1.807, 2.05) is 6.07 Å². The number of alkyl halides is 3. The average molecular weight is 350 g/mol. The number of hydrogen-bond donors (Lipinski definition) is 0. The fourth-order valence-electron chi connectivity index (χ4n) is 1.95. The van der Waals surface area contributed by atoms with Gasteiger partial charge in [-0.2, -0.15) is 13.2 Å². The molecular weight excluding hydrogens is 333 g/mol. The molecule has 132 valence electrons. The molecule has 1 aliphatic heterocycles. The van der Waals surface area contributed by atoms with Crippen LogP contribution in [0.1, 0.15) is 18.9 Å². The highest BCUT2D eigenvalue weighted by molar-refractivity contribution is 5.98. The Bertz CT molecular complexity index is 756. The molecule has 0 fully saturated rings. The van der Waals surface area contributed by atoms with E-state index in [0.717, 1.165) is 18.6 Å². The Morgan fingerprint density at radius 1 is 1.28 bits per heavy atom. The summed E-state index contributed by atoms with van der Waals surface area (Å²) in [7, 11) is 0. The Morgan fingerprint density at radius 3 is 2.72 bits per heavy atom. The van der Waals surface area contributed by atoms with Gasteiger partial charge in [-0.25, -0.2) is 0 Å². The largest absolute Gasteiger partial charge is 0.454 e. The number of halogens is 3. The van der Waals surface area contributed by atoms with E-state index in [4.69, 9.17) is 9.47 Å². The van der Waals surface area contributed by atoms with Crippen molar-refractivity contribution in [3.05, 3.63) is 65.8 Å². The van der Waals surface area contributed by atoms with Crippen LogP contribution in [0.2, 0.25) is 0 Å². The van der Waals surface area contributed by atoms with E-state index < -0.39 is 11.7 Å². The van der Waals surface area contributed by atoms with Crippen LogP contribution >= 0.6 is 0 Å². The van der Waals surface area contributed by atoms with E-state index >= 15 is 0 Å². The number of carbonyl (C=O) groups excluding carboxylic acids is 1. The van der Waals surface area contributed by atoms with Gasteiger partial charge in [-0.15, -0.1) is 0 Å². The number of Topliss-reactive ketones (excluding diaryl/α,β-unsaturated/α-hetero) is 1. The van der Waals surface area contributed by atoms with Gasteiger partial charge in [-0.1, -0.05) is 43.0 Å². The van der Waals surface area contributed by atoms with E-state index in [-0.39, 0.29) is 24.6 Å². The molecule has 1 heterocycles. The molecule has 25 heavy (non-hydrogen) atoms. The molecule has 3 nitrogen and oxygen atoms in total. The highest BCUT2D eigenvalue weighted by Gasteiger charge is 2.29. The lowest BCUT2D eigenvalue weighted by Gasteiger charge is -2.04. The fraction of sp³-hybridized carbons (Fsp3) is 0.211. The third kappa shape index (κ3) is 5.38. The first-order valence-corrected chi connectivity index (χ1v) is 7.48. The number of hydrogen-bond acceptors (Lipinski definition) is 3. The summed E-state index contributed by atoms with van der Waals surface area (Å²) in [6.45, 7) is 4.72. The van der Waals surface area contributed by atoms with Gasteiger partial charge in [0.05, 0.1) is 0 Å². The monoisotopic (exact) mass is 350 g/mol. The molecule has 2 rings (SSSR count). The van der Waals surface area contributed by atoms with Crippen LogP contribution in [0.5, 0.6) is 11.5 Å². The molecule has 1 aromatic rings. The van der Waals surface area contributed by atoms with Crippen molar-refractivity contribution >= 4 is 11.9 Å². The first-order valence-electron chi connectivity index (χ1n) is 7.48. The van der Waals surface area contributed by atoms with E-state index in [2.05, 4.69) is 6.58 Å². The lowest BCUT2D eigenvalue weighted by Crippen LogP contribution is -2.08. The van der Waals surface area contributed by atoms with Crippen molar-refractivity contribution in [3.63, 3.8) is 0 Å². The van der Waals surface area contributed by atoms with Gasteiger partial charge >= 0.3 is 6.18 Å². The quantitative estimate of drug-likeness (QED) is 0.534. The van der Waals surface area contributed by atoms with Crippen LogP contribution in [0.15, 0.2) is 60.2 Å². The van der Waals surface area contributed by atoms with E-state index in [0.29, 0.717) is 11.5 Å². The highest BCUT2D eigenvalue weighted by Crippen LogP contribution is 2.32. The predicted octanol–water partition coefficient (Wildman–Crippen LogP) is 5.01. The summed E-state index contributed by atoms with van der Waals surface area (Å²) in [5.41, 5.74) is 0.246. The van der Waals surface area contributed by atoms with Crippen LogP contribution in [0.3, 0.4) is 0 Å². The number of benzene rings is 1. The third-order valence-corrected chi connectivity index (χ3v) is 3.46. The molecule has 0 aliphatic carbocycles. The number of allylic oxidation sites excluding steroid dienone is 6. The Morgan fingerprint density at radius 2 is 2.00 bits per heavy atom. The van der Waals surface area contributed by atoms with Crippen molar-refractivity contribution in [1.29, 1.82) is 0 Å². The molecule has 0 amide bonds. The van der Waals surface area contributed by atoms with Crippen molar-refractivity contribution < 1.29 is 27.4 Å². The maximum Gasteiger partial charge on any atom is 0.412 e. The highest BCUT2D eigenvalue weighted by atomic mass is 19.4. The van der Waals surface area contributed by atoms with Gasteiger partial charge < -0.3 is 9.47 Å². The van der Waals surface area contributed by atoms with Gasteiger partial charge in [0, 0.05) is 17.6 Å². The van der Waals surface area contributed by atoms with E-state index in [1.165, 1.54) is 12.2 Å². The zero-order valence-electron chi connectivity index (χ0n) is 13.6. The third-order valence-electron chi connectivity index (χ3n) is 3.46. The molecule has 0 radical (unpaired) electrons. The number of ketones is 1. The lowest BCUT2D eigenvalue weighted by atomic mass is 10.1. The molecule has 0 bridgehead atoms. The second-order valence-electron chi connectivity index (χ2n) is 5.37. The minimum absolute atomic E-state index is 0.0968. The smallest absolute Gasteiger partial charge is 0.412 e. The van der Waals surface area contributed by atoms with Crippen molar-refractivity contribution in [3.8, 4) is 11.5 Å². The van der Waals surface area contributed by atoms with Crippen LogP contribution in [0, 0.1) is 0 Å². The van der Waals surface area contributed by atoms with Gasteiger partial charge in [0.2, 0.25) is 6.79 Å². The molecule has 0 saturated heterocycles. The molecule has 0 N–H and O–H groups in total. The topological polar surface area (TPSA) is 35.5 Å². The Kier molecular flexibility index (Phi) is 5.85. The molecule has 1 aromatic carbocycles. The summed E-state index contributed by atoms with van der Waals surface area (Å²) in [5, 5.41) is 0. The van der Waals surface area contributed by atoms with Crippen LogP contribution in [0.4, 0.5) is 13.2 Å². The Labute approximate surface area is 143 Å². The van der Waals surface area contributed by atoms with Crippen molar-refractivity contribution in [2.45, 2.75) is 19.5 Å². The summed E-state index contributed by atoms with van der Waals surface area (Å²) < 4.78 is 47.4. The van der Waals surface area contributed by atoms with Gasteiger partial charge in [0.1, 0.15) is 0 Å². The number of ether oxygens (including phenoxy) is 2. The summed E-state index contributed by atoms with van der Waals surface area (Å²) >= 11 is 0. The fourth-order valence-corrected chi connectivity index (χ4v) is 1.95. The summed E-state index contributed by atoms with van der Waals surface area (Å²) in [6.07, 6.45) is 2.49. The molecule has 0 unspecified atom stereocenters. The second kappa shape index (κ2) is 7.88. The van der Waals surface area contributed by atoms with Crippen molar-refractivity contribution in [2.24, 2.45) is 0 Å². The first kappa shape index (κ1) is 18.6. The number of fused-ring (bicyclic) bond motifs is 1. The molecular formula is C19H17F3O3. The van der Waals surface area contributed by atoms with Crippen LogP contribution < -0.4 is 9.47 Å². The van der Waals surface area contributed by atoms with Gasteiger partial charge in [-0.3, -0.25) is 4.79 Å². The molecule has 1 aliphatic rings. The van der Waals surface area contributed by atoms with Crippen LogP contribution in [-0.4, -0.2) is 18.8 Å². The maximum absolute atomic E-state index is 12.3. The van der Waals surface area contributed by atoms with E-state index in [1.54, 1.807) is 24.3 Å². The standard InChI is InChI=1S/C19H17F3O3/c1-13(5-3-6-14(2)19(20,21)22)16(23)8-4-7-15-9-10-17-18(11-15)25-12-24-17/h3-7,9-11H,1,8,12H2,2H3/b5-3-,7-4+,14-6+.